The molecule has 0 heterocycles. The predicted molar refractivity (Wildman–Crippen MR) is 230 cm³/mol. The minimum Gasteiger partial charge on any atom is -0.462 e. The molecule has 306 valence electrons. The maximum Gasteiger partial charge on any atom is 0.306 e. The Bertz CT molecular complexity index is 1070. The topological polar surface area (TPSA) is 26.3 Å². The Hall–Kier alpha value is -1.05. The number of allylic oxidation sites excluding steroid dienone is 3. The average Bonchev–Trinajstić information content (AvgIpc) is 3.49. The van der Waals surface area contributed by atoms with E-state index < -0.39 is 0 Å². The molecule has 0 aliphatic heterocycles. The van der Waals surface area contributed by atoms with E-state index in [9.17, 15) is 4.79 Å². The lowest BCUT2D eigenvalue weighted by atomic mass is 9.47. The lowest BCUT2D eigenvalue weighted by Crippen LogP contribution is -2.51. The lowest BCUT2D eigenvalue weighted by molar-refractivity contribution is -0.151. The van der Waals surface area contributed by atoms with Crippen LogP contribution in [-0.4, -0.2) is 12.1 Å². The second-order valence-electron chi connectivity index (χ2n) is 20.1. The van der Waals surface area contributed by atoms with Gasteiger partial charge < -0.3 is 4.74 Å². The van der Waals surface area contributed by atoms with E-state index in [1.54, 1.807) is 5.57 Å². The number of rotatable bonds is 27. The summed E-state index contributed by atoms with van der Waals surface area (Å²) in [5, 5.41) is 0. The molecule has 8 atom stereocenters. The molecule has 0 N–H and O–H groups in total. The van der Waals surface area contributed by atoms with E-state index >= 15 is 0 Å². The third kappa shape index (κ3) is 13.8. The minimum atomic E-state index is 0.0640. The van der Waals surface area contributed by atoms with E-state index in [4.69, 9.17) is 4.74 Å². The van der Waals surface area contributed by atoms with Crippen LogP contribution in [0.25, 0.3) is 0 Å². The molecule has 0 radical (unpaired) electrons. The number of carbonyl (C=O) groups excluding carboxylic acids is 1. The molecular weight excluding hydrogens is 645 g/mol. The van der Waals surface area contributed by atoms with Crippen LogP contribution in [0.1, 0.15) is 241 Å². The monoisotopic (exact) mass is 735 g/mol. The third-order valence-corrected chi connectivity index (χ3v) is 15.7. The standard InChI is InChI=1S/C51H90O2/c1-7-8-9-10-11-12-13-14-15-16-17-18-19-20-21-22-23-24-25-26-27-31-49(52)53-44-36-38-50(5)43(40-44)32-33-45-47-35-34-46(42(4)30-28-29-41(2)3)51(47,6)39-37-48(45)50/h14-15,32,41-42,44-48H,7-13,16-31,33-40H2,1-6H3. The van der Waals surface area contributed by atoms with Crippen molar-refractivity contribution in [3.8, 4) is 0 Å². The molecule has 0 aromatic heterocycles. The Morgan fingerprint density at radius 1 is 0.717 bits per heavy atom. The molecule has 0 amide bonds. The quantitative estimate of drug-likeness (QED) is 0.0477. The fraction of sp³-hybridized carbons (Fsp3) is 0.902. The molecule has 2 heteroatoms. The van der Waals surface area contributed by atoms with E-state index in [1.165, 1.54) is 173 Å². The smallest absolute Gasteiger partial charge is 0.306 e. The highest BCUT2D eigenvalue weighted by atomic mass is 16.5. The Morgan fingerprint density at radius 3 is 1.94 bits per heavy atom. The predicted octanol–water partition coefficient (Wildman–Crippen LogP) is 16.3. The van der Waals surface area contributed by atoms with Crippen molar-refractivity contribution >= 4 is 5.97 Å². The van der Waals surface area contributed by atoms with Crippen LogP contribution in [0.15, 0.2) is 23.8 Å². The first kappa shape index (κ1) is 44.7. The molecule has 3 fully saturated rings. The zero-order valence-corrected chi connectivity index (χ0v) is 36.5. The van der Waals surface area contributed by atoms with Gasteiger partial charge in [-0.15, -0.1) is 0 Å². The summed E-state index contributed by atoms with van der Waals surface area (Å²) in [5.41, 5.74) is 2.53. The summed E-state index contributed by atoms with van der Waals surface area (Å²) in [6, 6.07) is 0. The highest BCUT2D eigenvalue weighted by Crippen LogP contribution is 2.67. The van der Waals surface area contributed by atoms with E-state index in [0.29, 0.717) is 17.3 Å². The summed E-state index contributed by atoms with van der Waals surface area (Å²) in [6.07, 6.45) is 48.3. The summed E-state index contributed by atoms with van der Waals surface area (Å²) < 4.78 is 6.15. The van der Waals surface area contributed by atoms with Gasteiger partial charge in [0.1, 0.15) is 6.10 Å². The van der Waals surface area contributed by atoms with E-state index in [2.05, 4.69) is 59.8 Å². The molecule has 4 aliphatic rings. The fourth-order valence-corrected chi connectivity index (χ4v) is 12.4. The highest BCUT2D eigenvalue weighted by Gasteiger charge is 2.59. The molecule has 0 aromatic rings. The number of fused-ring (bicyclic) bond motifs is 5. The number of unbranched alkanes of at least 4 members (excludes halogenated alkanes) is 17. The molecule has 4 rings (SSSR count). The molecular formula is C51H90O2. The number of ether oxygens (including phenoxy) is 1. The molecule has 53 heavy (non-hydrogen) atoms. The van der Waals surface area contributed by atoms with Crippen molar-refractivity contribution in [2.45, 2.75) is 247 Å². The molecule has 0 spiro atoms. The Morgan fingerprint density at radius 2 is 1.32 bits per heavy atom. The van der Waals surface area contributed by atoms with E-state index in [0.717, 1.165) is 54.8 Å². The van der Waals surface area contributed by atoms with Crippen LogP contribution >= 0.6 is 0 Å². The molecule has 0 aromatic carbocycles. The zero-order valence-electron chi connectivity index (χ0n) is 36.5. The van der Waals surface area contributed by atoms with Gasteiger partial charge >= 0.3 is 5.97 Å². The van der Waals surface area contributed by atoms with Gasteiger partial charge in [0.15, 0.2) is 0 Å². The normalized spacial score (nSPS) is 30.2. The van der Waals surface area contributed by atoms with Gasteiger partial charge in [-0.3, -0.25) is 4.79 Å². The summed E-state index contributed by atoms with van der Waals surface area (Å²) in [4.78, 5) is 12.9. The third-order valence-electron chi connectivity index (χ3n) is 15.7. The summed E-state index contributed by atoms with van der Waals surface area (Å²) in [5.74, 6) is 5.33. The van der Waals surface area contributed by atoms with Crippen LogP contribution in [0.4, 0.5) is 0 Å². The first-order valence-electron chi connectivity index (χ1n) is 24.2. The van der Waals surface area contributed by atoms with Crippen molar-refractivity contribution in [2.75, 3.05) is 0 Å². The second-order valence-corrected chi connectivity index (χ2v) is 20.1. The molecule has 0 bridgehead atoms. The van der Waals surface area contributed by atoms with Gasteiger partial charge in [-0.05, 0) is 123 Å². The maximum atomic E-state index is 12.9. The SMILES string of the molecule is CCCCCCCCC=CCCCCCCCCCCCCCC(=O)OC1CCC2(C)C(=CCC3C2CCC2(C)C(C(C)CCCC(C)C)CCC32)C1. The number of hydrogen-bond acceptors (Lipinski definition) is 2. The van der Waals surface area contributed by atoms with E-state index in [-0.39, 0.29) is 12.1 Å². The van der Waals surface area contributed by atoms with Gasteiger partial charge in [0.25, 0.3) is 0 Å². The Balaban J connectivity index is 1.01. The largest absolute Gasteiger partial charge is 0.462 e. The van der Waals surface area contributed by atoms with Gasteiger partial charge in [0, 0.05) is 12.8 Å². The van der Waals surface area contributed by atoms with Crippen molar-refractivity contribution in [2.24, 2.45) is 46.3 Å². The van der Waals surface area contributed by atoms with Crippen molar-refractivity contribution in [1.82, 2.24) is 0 Å². The summed E-state index contributed by atoms with van der Waals surface area (Å²) in [6.45, 7) is 15.0. The summed E-state index contributed by atoms with van der Waals surface area (Å²) in [7, 11) is 0. The number of carbonyl (C=O) groups is 1. The minimum absolute atomic E-state index is 0.0640. The lowest BCUT2D eigenvalue weighted by Gasteiger charge is -2.58. The number of esters is 1. The average molecular weight is 735 g/mol. The Kier molecular flexibility index (Phi) is 20.1. The van der Waals surface area contributed by atoms with Crippen LogP contribution in [-0.2, 0) is 9.53 Å². The highest BCUT2D eigenvalue weighted by molar-refractivity contribution is 5.69. The maximum absolute atomic E-state index is 12.9. The van der Waals surface area contributed by atoms with Crippen LogP contribution in [0.3, 0.4) is 0 Å². The molecule has 4 aliphatic carbocycles. The first-order valence-corrected chi connectivity index (χ1v) is 24.2. The molecule has 3 saturated carbocycles. The van der Waals surface area contributed by atoms with Gasteiger partial charge in [-0.1, -0.05) is 174 Å². The fourth-order valence-electron chi connectivity index (χ4n) is 12.4. The molecule has 8 unspecified atom stereocenters. The molecule has 0 saturated heterocycles. The Labute approximate surface area is 331 Å². The van der Waals surface area contributed by atoms with Crippen molar-refractivity contribution in [3.63, 3.8) is 0 Å². The van der Waals surface area contributed by atoms with Crippen molar-refractivity contribution < 1.29 is 9.53 Å². The summed E-state index contributed by atoms with van der Waals surface area (Å²) >= 11 is 0. The van der Waals surface area contributed by atoms with Crippen LogP contribution in [0.5, 0.6) is 0 Å². The first-order chi connectivity index (χ1) is 25.7. The van der Waals surface area contributed by atoms with Crippen LogP contribution in [0, 0.1) is 46.3 Å². The zero-order chi connectivity index (χ0) is 37.9. The van der Waals surface area contributed by atoms with Crippen molar-refractivity contribution in [3.05, 3.63) is 23.8 Å². The van der Waals surface area contributed by atoms with E-state index in [1.807, 2.05) is 0 Å². The van der Waals surface area contributed by atoms with Crippen LogP contribution < -0.4 is 0 Å². The van der Waals surface area contributed by atoms with Crippen LogP contribution in [0.2, 0.25) is 0 Å². The molecule has 2 nitrogen and oxygen atoms in total. The van der Waals surface area contributed by atoms with Gasteiger partial charge in [-0.2, -0.15) is 0 Å². The van der Waals surface area contributed by atoms with Gasteiger partial charge in [0.2, 0.25) is 0 Å². The second kappa shape index (κ2) is 23.9. The number of hydrogen-bond donors (Lipinski definition) is 0. The van der Waals surface area contributed by atoms with Gasteiger partial charge in [0.05, 0.1) is 0 Å². The van der Waals surface area contributed by atoms with Gasteiger partial charge in [-0.25, -0.2) is 0 Å². The van der Waals surface area contributed by atoms with Crippen molar-refractivity contribution in [1.29, 1.82) is 0 Å².